The lowest BCUT2D eigenvalue weighted by molar-refractivity contribution is 0.0978. The number of hydrogen-bond acceptors (Lipinski definition) is 5. The van der Waals surface area contributed by atoms with E-state index in [-0.39, 0.29) is 11.0 Å². The predicted molar refractivity (Wildman–Crippen MR) is 79.4 cm³/mol. The summed E-state index contributed by atoms with van der Waals surface area (Å²) in [6.07, 6.45) is 0.822. The van der Waals surface area contributed by atoms with Gasteiger partial charge < -0.3 is 5.32 Å². The Morgan fingerprint density at radius 3 is 2.68 bits per heavy atom. The molecule has 0 unspecified atom stereocenters. The monoisotopic (exact) mass is 292 g/mol. The Hall–Kier alpha value is -1.86. The van der Waals surface area contributed by atoms with Crippen molar-refractivity contribution in [3.05, 3.63) is 40.9 Å². The van der Waals surface area contributed by atoms with Gasteiger partial charge in [-0.05, 0) is 30.8 Å². The van der Waals surface area contributed by atoms with Crippen LogP contribution in [-0.4, -0.2) is 21.2 Å². The van der Waals surface area contributed by atoms with Crippen LogP contribution in [0.3, 0.4) is 0 Å². The fourth-order valence-electron chi connectivity index (χ4n) is 1.34. The van der Waals surface area contributed by atoms with E-state index in [1.165, 1.54) is 11.3 Å². The minimum atomic E-state index is -0.252. The quantitative estimate of drug-likeness (QED) is 0.849. The minimum Gasteiger partial charge on any atom is -0.307 e. The van der Waals surface area contributed by atoms with E-state index < -0.39 is 0 Å². The zero-order valence-electron chi connectivity index (χ0n) is 10.2. The molecule has 19 heavy (non-hydrogen) atoms. The molecule has 1 aromatic carbocycles. The zero-order valence-corrected chi connectivity index (χ0v) is 11.8. The standard InChI is InChI=1S/C12H12N4OS2/c1-2-9-15-16-12(19-9)14-11(18)13-10(17)8-6-4-3-5-7-8/h3-7H,2H2,1H3,(H2,13,14,16,17,18). The maximum atomic E-state index is 11.8. The summed E-state index contributed by atoms with van der Waals surface area (Å²) in [5, 5.41) is 15.0. The molecule has 2 rings (SSSR count). The van der Waals surface area contributed by atoms with Crippen LogP contribution in [0.5, 0.6) is 0 Å². The highest BCUT2D eigenvalue weighted by Crippen LogP contribution is 2.15. The van der Waals surface area contributed by atoms with Gasteiger partial charge in [-0.25, -0.2) is 0 Å². The van der Waals surface area contributed by atoms with Crippen LogP contribution in [0.25, 0.3) is 0 Å². The molecule has 1 amide bonds. The molecule has 0 atom stereocenters. The van der Waals surface area contributed by atoms with Crippen molar-refractivity contribution in [1.29, 1.82) is 0 Å². The first-order valence-corrected chi connectivity index (χ1v) is 6.91. The number of rotatable bonds is 3. The number of nitrogens with zero attached hydrogens (tertiary/aromatic N) is 2. The number of amides is 1. The number of aryl methyl sites for hydroxylation is 1. The molecule has 2 N–H and O–H groups in total. The lowest BCUT2D eigenvalue weighted by atomic mass is 10.2. The number of carbonyl (C=O) groups excluding carboxylic acids is 1. The van der Waals surface area contributed by atoms with Crippen LogP contribution in [0.4, 0.5) is 5.13 Å². The van der Waals surface area contributed by atoms with E-state index in [2.05, 4.69) is 20.8 Å². The Balaban J connectivity index is 1.93. The van der Waals surface area contributed by atoms with Crippen LogP contribution in [0.15, 0.2) is 30.3 Å². The molecule has 2 aromatic rings. The van der Waals surface area contributed by atoms with Gasteiger partial charge in [-0.3, -0.25) is 10.1 Å². The molecule has 0 aliphatic heterocycles. The summed E-state index contributed by atoms with van der Waals surface area (Å²) in [5.41, 5.74) is 0.554. The van der Waals surface area contributed by atoms with Gasteiger partial charge in [-0.1, -0.05) is 36.5 Å². The second-order valence-electron chi connectivity index (χ2n) is 3.63. The van der Waals surface area contributed by atoms with Crippen molar-refractivity contribution in [3.8, 4) is 0 Å². The van der Waals surface area contributed by atoms with Gasteiger partial charge in [0, 0.05) is 5.56 Å². The van der Waals surface area contributed by atoms with Crippen LogP contribution in [0, 0.1) is 0 Å². The SMILES string of the molecule is CCc1nnc(NC(=S)NC(=O)c2ccccc2)s1. The molecule has 0 saturated carbocycles. The van der Waals surface area contributed by atoms with Gasteiger partial charge in [0.05, 0.1) is 0 Å². The largest absolute Gasteiger partial charge is 0.307 e. The molecule has 98 valence electrons. The Morgan fingerprint density at radius 1 is 1.32 bits per heavy atom. The van der Waals surface area contributed by atoms with Crippen molar-refractivity contribution >= 4 is 39.7 Å². The molecule has 0 aliphatic carbocycles. The third-order valence-corrected chi connectivity index (χ3v) is 3.44. The van der Waals surface area contributed by atoms with Crippen LogP contribution in [-0.2, 0) is 6.42 Å². The topological polar surface area (TPSA) is 66.9 Å². The summed E-state index contributed by atoms with van der Waals surface area (Å²) in [7, 11) is 0. The van der Waals surface area contributed by atoms with E-state index in [4.69, 9.17) is 12.2 Å². The number of benzene rings is 1. The van der Waals surface area contributed by atoms with E-state index in [0.29, 0.717) is 10.7 Å². The molecule has 0 fully saturated rings. The van der Waals surface area contributed by atoms with Gasteiger partial charge in [0.2, 0.25) is 5.13 Å². The third kappa shape index (κ3) is 3.80. The summed E-state index contributed by atoms with van der Waals surface area (Å²) < 4.78 is 0. The molecular formula is C12H12N4OS2. The summed E-state index contributed by atoms with van der Waals surface area (Å²) in [5.74, 6) is -0.252. The lowest BCUT2D eigenvalue weighted by Crippen LogP contribution is -2.34. The van der Waals surface area contributed by atoms with Crippen LogP contribution in [0.1, 0.15) is 22.3 Å². The predicted octanol–water partition coefficient (Wildman–Crippen LogP) is 2.23. The van der Waals surface area contributed by atoms with Gasteiger partial charge in [0.25, 0.3) is 5.91 Å². The summed E-state index contributed by atoms with van der Waals surface area (Å²) >= 11 is 6.47. The van der Waals surface area contributed by atoms with Crippen LogP contribution in [0.2, 0.25) is 0 Å². The minimum absolute atomic E-state index is 0.215. The molecule has 5 nitrogen and oxygen atoms in total. The highest BCUT2D eigenvalue weighted by Gasteiger charge is 2.09. The Labute approximate surface area is 120 Å². The van der Waals surface area contributed by atoms with E-state index >= 15 is 0 Å². The van der Waals surface area contributed by atoms with E-state index in [9.17, 15) is 4.79 Å². The number of aromatic nitrogens is 2. The van der Waals surface area contributed by atoms with Crippen molar-refractivity contribution in [1.82, 2.24) is 15.5 Å². The van der Waals surface area contributed by atoms with Gasteiger partial charge in [-0.15, -0.1) is 10.2 Å². The second-order valence-corrected chi connectivity index (χ2v) is 5.10. The van der Waals surface area contributed by atoms with Crippen LogP contribution >= 0.6 is 23.6 Å². The first-order chi connectivity index (χ1) is 9.19. The molecule has 0 spiro atoms. The van der Waals surface area contributed by atoms with Crippen molar-refractivity contribution < 1.29 is 4.79 Å². The molecule has 1 aromatic heterocycles. The maximum Gasteiger partial charge on any atom is 0.257 e. The summed E-state index contributed by atoms with van der Waals surface area (Å²) in [6.45, 7) is 2.00. The number of nitrogens with one attached hydrogen (secondary N) is 2. The average molecular weight is 292 g/mol. The zero-order chi connectivity index (χ0) is 13.7. The Kier molecular flexibility index (Phi) is 4.53. The van der Waals surface area contributed by atoms with E-state index in [0.717, 1.165) is 11.4 Å². The van der Waals surface area contributed by atoms with Crippen molar-refractivity contribution in [2.45, 2.75) is 13.3 Å². The van der Waals surface area contributed by atoms with Crippen molar-refractivity contribution in [2.24, 2.45) is 0 Å². The smallest absolute Gasteiger partial charge is 0.257 e. The van der Waals surface area contributed by atoms with Gasteiger partial charge in [0.15, 0.2) is 5.11 Å². The summed E-state index contributed by atoms with van der Waals surface area (Å²) in [4.78, 5) is 11.8. The maximum absolute atomic E-state index is 11.8. The molecule has 0 saturated heterocycles. The van der Waals surface area contributed by atoms with Gasteiger partial charge in [0.1, 0.15) is 5.01 Å². The molecule has 1 heterocycles. The van der Waals surface area contributed by atoms with Gasteiger partial charge >= 0.3 is 0 Å². The number of hydrogen-bond donors (Lipinski definition) is 2. The number of thiocarbonyl (C=S) groups is 1. The number of anilines is 1. The Morgan fingerprint density at radius 2 is 2.05 bits per heavy atom. The van der Waals surface area contributed by atoms with Crippen molar-refractivity contribution in [3.63, 3.8) is 0 Å². The van der Waals surface area contributed by atoms with Gasteiger partial charge in [-0.2, -0.15) is 0 Å². The van der Waals surface area contributed by atoms with E-state index in [1.807, 2.05) is 13.0 Å². The fourth-order valence-corrected chi connectivity index (χ4v) is 2.28. The summed E-state index contributed by atoms with van der Waals surface area (Å²) in [6, 6.07) is 8.88. The first kappa shape index (κ1) is 13.6. The highest BCUT2D eigenvalue weighted by atomic mass is 32.1. The molecule has 0 radical (unpaired) electrons. The fraction of sp³-hybridized carbons (Fsp3) is 0.167. The normalized spacial score (nSPS) is 9.95. The third-order valence-electron chi connectivity index (χ3n) is 2.25. The van der Waals surface area contributed by atoms with Crippen molar-refractivity contribution in [2.75, 3.05) is 5.32 Å². The molecular weight excluding hydrogens is 280 g/mol. The number of carbonyl (C=O) groups is 1. The molecule has 0 bridgehead atoms. The van der Waals surface area contributed by atoms with E-state index in [1.54, 1.807) is 24.3 Å². The Bertz CT molecular complexity index is 582. The first-order valence-electron chi connectivity index (χ1n) is 5.69. The molecule has 0 aliphatic rings. The lowest BCUT2D eigenvalue weighted by Gasteiger charge is -2.06. The second kappa shape index (κ2) is 6.35. The highest BCUT2D eigenvalue weighted by molar-refractivity contribution is 7.80. The van der Waals surface area contributed by atoms with Crippen LogP contribution < -0.4 is 10.6 Å². The molecule has 7 heteroatoms. The average Bonchev–Trinajstić information content (AvgIpc) is 2.87.